The first-order valence-electron chi connectivity index (χ1n) is 10.2. The highest BCUT2D eigenvalue weighted by Crippen LogP contribution is 2.34. The Labute approximate surface area is 178 Å². The zero-order chi connectivity index (χ0) is 21.8. The van der Waals surface area contributed by atoms with E-state index in [1.54, 1.807) is 23.0 Å². The molecule has 0 unspecified atom stereocenters. The Morgan fingerprint density at radius 3 is 2.74 bits per heavy atom. The lowest BCUT2D eigenvalue weighted by Crippen LogP contribution is -2.21. The van der Waals surface area contributed by atoms with E-state index in [0.717, 1.165) is 60.3 Å². The minimum atomic E-state index is -0.947. The van der Waals surface area contributed by atoms with Crippen molar-refractivity contribution in [3.8, 4) is 11.3 Å². The van der Waals surface area contributed by atoms with E-state index in [0.29, 0.717) is 13.0 Å². The Bertz CT molecular complexity index is 1110. The predicted molar refractivity (Wildman–Crippen MR) is 114 cm³/mol. The molecule has 2 N–H and O–H groups in total. The van der Waals surface area contributed by atoms with Crippen molar-refractivity contribution >= 4 is 11.7 Å². The van der Waals surface area contributed by atoms with Crippen LogP contribution in [-0.4, -0.2) is 43.9 Å². The fourth-order valence-electron chi connectivity index (χ4n) is 3.97. The topological polar surface area (TPSA) is 123 Å². The summed E-state index contributed by atoms with van der Waals surface area (Å²) in [5.74, 6) is -0.947. The maximum absolute atomic E-state index is 11.9. The summed E-state index contributed by atoms with van der Waals surface area (Å²) in [6.45, 7) is 1.97. The second kappa shape index (κ2) is 9.05. The molecule has 1 aliphatic carbocycles. The number of fused-ring (bicyclic) bond motifs is 3. The van der Waals surface area contributed by atoms with Gasteiger partial charge in [0, 0.05) is 42.2 Å². The SMILES string of the molecule is O=C(O)c1c2c(nn1CCCNCCc1ccc([N+](=O)[O-])cc1)-c1ccncc1CC2. The van der Waals surface area contributed by atoms with Crippen molar-refractivity contribution in [2.75, 3.05) is 13.1 Å². The third-order valence-corrected chi connectivity index (χ3v) is 5.52. The number of non-ortho nitro benzene ring substituents is 1. The highest BCUT2D eigenvalue weighted by molar-refractivity contribution is 5.90. The summed E-state index contributed by atoms with van der Waals surface area (Å²) in [6.07, 6.45) is 6.47. The molecule has 0 saturated carbocycles. The highest BCUT2D eigenvalue weighted by Gasteiger charge is 2.27. The Kier molecular flexibility index (Phi) is 6.03. The lowest BCUT2D eigenvalue weighted by molar-refractivity contribution is -0.384. The normalized spacial score (nSPS) is 12.3. The number of carboxylic acid groups (broad SMARTS) is 1. The number of hydrogen-bond acceptors (Lipinski definition) is 6. The number of aromatic nitrogens is 3. The number of aromatic carboxylic acids is 1. The van der Waals surface area contributed by atoms with Gasteiger partial charge in [0.25, 0.3) is 5.69 Å². The first kappa shape index (κ1) is 20.7. The lowest BCUT2D eigenvalue weighted by Gasteiger charge is -2.14. The van der Waals surface area contributed by atoms with E-state index >= 15 is 0 Å². The van der Waals surface area contributed by atoms with Crippen molar-refractivity contribution < 1.29 is 14.8 Å². The Morgan fingerprint density at radius 2 is 2.00 bits per heavy atom. The van der Waals surface area contributed by atoms with Gasteiger partial charge in [-0.3, -0.25) is 19.8 Å². The predicted octanol–water partition coefficient (Wildman–Crippen LogP) is 2.87. The summed E-state index contributed by atoms with van der Waals surface area (Å²) in [5.41, 5.74) is 5.03. The second-order valence-corrected chi connectivity index (χ2v) is 7.51. The fraction of sp³-hybridized carbons (Fsp3) is 0.318. The van der Waals surface area contributed by atoms with Crippen LogP contribution in [0, 0.1) is 10.1 Å². The van der Waals surface area contributed by atoms with Crippen LogP contribution in [0.15, 0.2) is 42.7 Å². The third-order valence-electron chi connectivity index (χ3n) is 5.52. The van der Waals surface area contributed by atoms with Gasteiger partial charge in [0.05, 0.1) is 10.6 Å². The zero-order valence-electron chi connectivity index (χ0n) is 17.0. The van der Waals surface area contributed by atoms with Crippen LogP contribution in [0.3, 0.4) is 0 Å². The zero-order valence-corrected chi connectivity index (χ0v) is 17.0. The molecule has 1 aliphatic rings. The first-order chi connectivity index (χ1) is 15.0. The molecule has 0 fully saturated rings. The van der Waals surface area contributed by atoms with Gasteiger partial charge in [0.1, 0.15) is 5.69 Å². The monoisotopic (exact) mass is 421 g/mol. The fourth-order valence-corrected chi connectivity index (χ4v) is 3.97. The van der Waals surface area contributed by atoms with Crippen LogP contribution in [-0.2, 0) is 25.8 Å². The summed E-state index contributed by atoms with van der Waals surface area (Å²) < 4.78 is 1.61. The molecule has 4 rings (SSSR count). The number of nitro benzene ring substituents is 1. The number of nitrogens with zero attached hydrogens (tertiary/aromatic N) is 4. The number of nitro groups is 1. The average Bonchev–Trinajstić information content (AvgIpc) is 3.15. The van der Waals surface area contributed by atoms with Gasteiger partial charge in [-0.25, -0.2) is 4.79 Å². The van der Waals surface area contributed by atoms with E-state index in [4.69, 9.17) is 0 Å². The largest absolute Gasteiger partial charge is 0.477 e. The van der Waals surface area contributed by atoms with Crippen LogP contribution in [0.1, 0.15) is 33.6 Å². The number of carboxylic acids is 1. The van der Waals surface area contributed by atoms with Crippen LogP contribution in [0.4, 0.5) is 5.69 Å². The molecular formula is C22H23N5O4. The molecular weight excluding hydrogens is 398 g/mol. The number of nitrogens with one attached hydrogen (secondary N) is 1. The average molecular weight is 421 g/mol. The van der Waals surface area contributed by atoms with Crippen molar-refractivity contribution in [1.29, 1.82) is 0 Å². The minimum absolute atomic E-state index is 0.0896. The van der Waals surface area contributed by atoms with Crippen LogP contribution in [0.5, 0.6) is 0 Å². The second-order valence-electron chi connectivity index (χ2n) is 7.51. The molecule has 0 amide bonds. The molecule has 160 valence electrons. The van der Waals surface area contributed by atoms with Crippen molar-refractivity contribution in [1.82, 2.24) is 20.1 Å². The summed E-state index contributed by atoms with van der Waals surface area (Å²) in [6, 6.07) is 8.45. The third kappa shape index (κ3) is 4.46. The quantitative estimate of drug-likeness (QED) is 0.309. The van der Waals surface area contributed by atoms with Gasteiger partial charge in [-0.05, 0) is 56.0 Å². The van der Waals surface area contributed by atoms with Gasteiger partial charge >= 0.3 is 5.97 Å². The van der Waals surface area contributed by atoms with Gasteiger partial charge in [-0.1, -0.05) is 12.1 Å². The molecule has 2 aromatic heterocycles. The molecule has 1 aromatic carbocycles. The van der Waals surface area contributed by atoms with Crippen molar-refractivity contribution in [2.45, 2.75) is 32.2 Å². The number of pyridine rings is 1. The first-order valence-corrected chi connectivity index (χ1v) is 10.2. The summed E-state index contributed by atoms with van der Waals surface area (Å²) in [5, 5.41) is 28.4. The van der Waals surface area contributed by atoms with Gasteiger partial charge in [-0.2, -0.15) is 5.10 Å². The molecule has 9 nitrogen and oxygen atoms in total. The molecule has 0 bridgehead atoms. The van der Waals surface area contributed by atoms with E-state index in [-0.39, 0.29) is 11.4 Å². The summed E-state index contributed by atoms with van der Waals surface area (Å²) >= 11 is 0. The highest BCUT2D eigenvalue weighted by atomic mass is 16.6. The molecule has 0 atom stereocenters. The molecule has 9 heteroatoms. The Morgan fingerprint density at radius 1 is 1.19 bits per heavy atom. The van der Waals surface area contributed by atoms with Crippen LogP contribution >= 0.6 is 0 Å². The maximum Gasteiger partial charge on any atom is 0.354 e. The molecule has 3 aromatic rings. The summed E-state index contributed by atoms with van der Waals surface area (Å²) in [4.78, 5) is 26.3. The Balaban J connectivity index is 1.33. The maximum atomic E-state index is 11.9. The Hall–Kier alpha value is -3.59. The smallest absolute Gasteiger partial charge is 0.354 e. The molecule has 0 saturated heterocycles. The number of hydrogen-bond donors (Lipinski definition) is 2. The van der Waals surface area contributed by atoms with E-state index in [1.165, 1.54) is 12.1 Å². The van der Waals surface area contributed by atoms with Crippen LogP contribution in [0.2, 0.25) is 0 Å². The molecule has 0 spiro atoms. The van der Waals surface area contributed by atoms with E-state index in [9.17, 15) is 20.0 Å². The van der Waals surface area contributed by atoms with Crippen LogP contribution in [0.25, 0.3) is 11.3 Å². The standard InChI is InChI=1S/C22H23N5O4/c28-22(29)21-19-7-4-16-14-24-12-9-18(16)20(19)25-26(21)13-1-10-23-11-8-15-2-5-17(6-3-15)27(30)31/h2-3,5-6,9,12,14,23H,1,4,7-8,10-11,13H2,(H,28,29). The van der Waals surface area contributed by atoms with Gasteiger partial charge < -0.3 is 10.4 Å². The number of benzene rings is 1. The molecule has 0 aliphatic heterocycles. The number of aryl methyl sites for hydroxylation is 2. The van der Waals surface area contributed by atoms with Crippen molar-refractivity contribution in [3.05, 3.63) is 75.2 Å². The minimum Gasteiger partial charge on any atom is -0.477 e. The molecule has 0 radical (unpaired) electrons. The van der Waals surface area contributed by atoms with Crippen molar-refractivity contribution in [2.24, 2.45) is 0 Å². The van der Waals surface area contributed by atoms with Crippen molar-refractivity contribution in [3.63, 3.8) is 0 Å². The van der Waals surface area contributed by atoms with E-state index in [2.05, 4.69) is 15.4 Å². The molecule has 31 heavy (non-hydrogen) atoms. The number of rotatable bonds is 9. The van der Waals surface area contributed by atoms with Gasteiger partial charge in [0.2, 0.25) is 0 Å². The lowest BCUT2D eigenvalue weighted by atomic mass is 9.90. The van der Waals surface area contributed by atoms with Gasteiger partial charge in [-0.15, -0.1) is 0 Å². The van der Waals surface area contributed by atoms with Crippen LogP contribution < -0.4 is 5.32 Å². The van der Waals surface area contributed by atoms with E-state index < -0.39 is 10.9 Å². The molecule has 2 heterocycles. The number of carbonyl (C=O) groups is 1. The van der Waals surface area contributed by atoms with Gasteiger partial charge in [0.15, 0.2) is 0 Å². The summed E-state index contributed by atoms with van der Waals surface area (Å²) in [7, 11) is 0. The van der Waals surface area contributed by atoms with E-state index in [1.807, 2.05) is 12.3 Å².